The van der Waals surface area contributed by atoms with Crippen molar-refractivity contribution in [2.24, 2.45) is 0 Å². The third kappa shape index (κ3) is 2.42. The lowest BCUT2D eigenvalue weighted by atomic mass is 10.5. The molecule has 1 aromatic rings. The van der Waals surface area contributed by atoms with E-state index in [1.165, 1.54) is 0 Å². The van der Waals surface area contributed by atoms with Gasteiger partial charge in [0, 0.05) is 6.07 Å². The molecule has 0 bridgehead atoms. The fraction of sp³-hybridized carbons (Fsp3) is 0.375. The average Bonchev–Trinajstić information content (AvgIpc) is 2.06. The molecule has 0 fully saturated rings. The van der Waals surface area contributed by atoms with Crippen molar-refractivity contribution in [2.45, 2.75) is 11.9 Å². The van der Waals surface area contributed by atoms with Crippen molar-refractivity contribution >= 4 is 11.8 Å². The van der Waals surface area contributed by atoms with Gasteiger partial charge in [0.15, 0.2) is 0 Å². The number of rotatable bonds is 3. The lowest BCUT2D eigenvalue weighted by Crippen LogP contribution is -1.93. The average molecular weight is 169 g/mol. The molecule has 0 spiro atoms. The molecule has 3 heteroatoms. The van der Waals surface area contributed by atoms with Crippen molar-refractivity contribution in [3.05, 3.63) is 18.2 Å². The number of hydrogen-bond donors (Lipinski definition) is 0. The molecule has 0 unspecified atom stereocenters. The fourth-order valence-corrected chi connectivity index (χ4v) is 1.13. The second kappa shape index (κ2) is 4.23. The molecule has 0 radical (unpaired) electrons. The van der Waals surface area contributed by atoms with Gasteiger partial charge in [0.05, 0.1) is 11.6 Å². The minimum atomic E-state index is 0.671. The standard InChI is InChI=1S/C8H11NOS/c1-3-10-7-5-4-6-8(9-7)11-2/h4-6H,3H2,1-2H3. The van der Waals surface area contributed by atoms with E-state index in [0.717, 1.165) is 5.03 Å². The number of hydrogen-bond acceptors (Lipinski definition) is 3. The molecule has 0 saturated heterocycles. The maximum atomic E-state index is 5.22. The van der Waals surface area contributed by atoms with Gasteiger partial charge in [0.25, 0.3) is 0 Å². The number of thioether (sulfide) groups is 1. The van der Waals surface area contributed by atoms with Crippen LogP contribution in [0.4, 0.5) is 0 Å². The second-order valence-corrected chi connectivity index (χ2v) is 2.78. The zero-order valence-corrected chi connectivity index (χ0v) is 7.52. The molecular formula is C8H11NOS. The summed E-state index contributed by atoms with van der Waals surface area (Å²) in [4.78, 5) is 4.22. The van der Waals surface area contributed by atoms with E-state index in [1.54, 1.807) is 11.8 Å². The smallest absolute Gasteiger partial charge is 0.214 e. The normalized spacial score (nSPS) is 9.64. The summed E-state index contributed by atoms with van der Waals surface area (Å²) in [5.74, 6) is 0.708. The molecule has 11 heavy (non-hydrogen) atoms. The highest BCUT2D eigenvalue weighted by molar-refractivity contribution is 7.98. The zero-order chi connectivity index (χ0) is 8.10. The third-order valence-corrected chi connectivity index (χ3v) is 1.84. The van der Waals surface area contributed by atoms with Crippen molar-refractivity contribution in [1.82, 2.24) is 4.98 Å². The van der Waals surface area contributed by atoms with Crippen molar-refractivity contribution < 1.29 is 4.74 Å². The summed E-state index contributed by atoms with van der Waals surface area (Å²) in [6.45, 7) is 2.62. The van der Waals surface area contributed by atoms with Gasteiger partial charge in [-0.15, -0.1) is 11.8 Å². The zero-order valence-electron chi connectivity index (χ0n) is 6.70. The second-order valence-electron chi connectivity index (χ2n) is 1.95. The van der Waals surface area contributed by atoms with Crippen LogP contribution < -0.4 is 4.74 Å². The Morgan fingerprint density at radius 3 is 3.00 bits per heavy atom. The first-order valence-corrected chi connectivity index (χ1v) is 4.73. The monoisotopic (exact) mass is 169 g/mol. The molecule has 0 aliphatic rings. The molecule has 0 atom stereocenters. The van der Waals surface area contributed by atoms with Gasteiger partial charge in [0.1, 0.15) is 0 Å². The molecule has 1 rings (SSSR count). The van der Waals surface area contributed by atoms with Gasteiger partial charge in [-0.1, -0.05) is 6.07 Å². The Hall–Kier alpha value is -0.700. The Labute approximate surface area is 71.0 Å². The Morgan fingerprint density at radius 2 is 2.36 bits per heavy atom. The van der Waals surface area contributed by atoms with Crippen LogP contribution in [0.5, 0.6) is 5.88 Å². The van der Waals surface area contributed by atoms with E-state index in [9.17, 15) is 0 Å². The number of nitrogens with zero attached hydrogens (tertiary/aromatic N) is 1. The molecule has 0 amide bonds. The molecule has 0 aromatic carbocycles. The summed E-state index contributed by atoms with van der Waals surface area (Å²) in [6, 6.07) is 5.78. The van der Waals surface area contributed by atoms with E-state index in [0.29, 0.717) is 12.5 Å². The topological polar surface area (TPSA) is 22.1 Å². The van der Waals surface area contributed by atoms with Crippen LogP contribution in [0.2, 0.25) is 0 Å². The van der Waals surface area contributed by atoms with Gasteiger partial charge >= 0.3 is 0 Å². The quantitative estimate of drug-likeness (QED) is 0.648. The van der Waals surface area contributed by atoms with Crippen LogP contribution in [-0.4, -0.2) is 17.8 Å². The van der Waals surface area contributed by atoms with E-state index >= 15 is 0 Å². The first-order chi connectivity index (χ1) is 5.36. The van der Waals surface area contributed by atoms with Crippen LogP contribution in [0.15, 0.2) is 23.2 Å². The first kappa shape index (κ1) is 8.40. The summed E-state index contributed by atoms with van der Waals surface area (Å²) < 4.78 is 5.22. The van der Waals surface area contributed by atoms with Gasteiger partial charge in [0.2, 0.25) is 5.88 Å². The Morgan fingerprint density at radius 1 is 1.55 bits per heavy atom. The van der Waals surface area contributed by atoms with E-state index < -0.39 is 0 Å². The van der Waals surface area contributed by atoms with Crippen LogP contribution in [0.1, 0.15) is 6.92 Å². The molecule has 0 saturated carbocycles. The predicted octanol–water partition coefficient (Wildman–Crippen LogP) is 2.20. The highest BCUT2D eigenvalue weighted by Gasteiger charge is 1.94. The van der Waals surface area contributed by atoms with Crippen molar-refractivity contribution in [3.63, 3.8) is 0 Å². The Bertz CT molecular complexity index is 227. The summed E-state index contributed by atoms with van der Waals surface area (Å²) in [6.07, 6.45) is 2.00. The largest absolute Gasteiger partial charge is 0.478 e. The minimum Gasteiger partial charge on any atom is -0.478 e. The summed E-state index contributed by atoms with van der Waals surface area (Å²) in [5, 5.41) is 0.996. The Balaban J connectivity index is 2.74. The predicted molar refractivity (Wildman–Crippen MR) is 47.2 cm³/mol. The van der Waals surface area contributed by atoms with Crippen molar-refractivity contribution in [2.75, 3.05) is 12.9 Å². The highest BCUT2D eigenvalue weighted by Crippen LogP contribution is 2.14. The number of ether oxygens (including phenoxy) is 1. The van der Waals surface area contributed by atoms with Crippen LogP contribution in [0.25, 0.3) is 0 Å². The maximum Gasteiger partial charge on any atom is 0.214 e. The fourth-order valence-electron chi connectivity index (χ4n) is 0.738. The lowest BCUT2D eigenvalue weighted by Gasteiger charge is -2.01. The Kier molecular flexibility index (Phi) is 3.23. The van der Waals surface area contributed by atoms with Gasteiger partial charge in [-0.2, -0.15) is 0 Å². The van der Waals surface area contributed by atoms with Crippen LogP contribution in [0.3, 0.4) is 0 Å². The van der Waals surface area contributed by atoms with Crippen molar-refractivity contribution in [1.29, 1.82) is 0 Å². The van der Waals surface area contributed by atoms with Gasteiger partial charge < -0.3 is 4.74 Å². The molecule has 2 nitrogen and oxygen atoms in total. The number of pyridine rings is 1. The van der Waals surface area contributed by atoms with Crippen LogP contribution >= 0.6 is 11.8 Å². The highest BCUT2D eigenvalue weighted by atomic mass is 32.2. The van der Waals surface area contributed by atoms with E-state index in [1.807, 2.05) is 31.4 Å². The molecule has 0 N–H and O–H groups in total. The molecule has 1 heterocycles. The lowest BCUT2D eigenvalue weighted by molar-refractivity contribution is 0.324. The summed E-state index contributed by atoms with van der Waals surface area (Å²) in [5.41, 5.74) is 0. The van der Waals surface area contributed by atoms with Crippen molar-refractivity contribution in [3.8, 4) is 5.88 Å². The van der Waals surface area contributed by atoms with Gasteiger partial charge in [-0.05, 0) is 19.2 Å². The summed E-state index contributed by atoms with van der Waals surface area (Å²) >= 11 is 1.62. The minimum absolute atomic E-state index is 0.671. The molecule has 1 aromatic heterocycles. The van der Waals surface area contributed by atoms with Crippen LogP contribution in [0, 0.1) is 0 Å². The van der Waals surface area contributed by atoms with Gasteiger partial charge in [-0.25, -0.2) is 4.98 Å². The first-order valence-electron chi connectivity index (χ1n) is 3.50. The molecule has 0 aliphatic carbocycles. The third-order valence-electron chi connectivity index (χ3n) is 1.20. The van der Waals surface area contributed by atoms with E-state index in [2.05, 4.69) is 4.98 Å². The van der Waals surface area contributed by atoms with E-state index in [-0.39, 0.29) is 0 Å². The van der Waals surface area contributed by atoms with E-state index in [4.69, 9.17) is 4.74 Å². The van der Waals surface area contributed by atoms with Crippen LogP contribution in [-0.2, 0) is 0 Å². The number of aromatic nitrogens is 1. The summed E-state index contributed by atoms with van der Waals surface area (Å²) in [7, 11) is 0. The molecular weight excluding hydrogens is 158 g/mol. The molecule has 0 aliphatic heterocycles. The molecule has 60 valence electrons. The SMILES string of the molecule is CCOc1cccc(SC)n1. The van der Waals surface area contributed by atoms with Gasteiger partial charge in [-0.3, -0.25) is 0 Å². The maximum absolute atomic E-state index is 5.22.